The lowest BCUT2D eigenvalue weighted by Crippen LogP contribution is -2.46. The van der Waals surface area contributed by atoms with E-state index >= 15 is 0 Å². The Morgan fingerprint density at radius 1 is 0.933 bits per heavy atom. The summed E-state index contributed by atoms with van der Waals surface area (Å²) in [6.45, 7) is 4.48. The van der Waals surface area contributed by atoms with Crippen LogP contribution in [0.15, 0.2) is 48.5 Å². The Morgan fingerprint density at radius 2 is 1.63 bits per heavy atom. The SMILES string of the molecule is Cc1ccc(CNC(=O)c2ccccc2NC(=O)C(=O)N[C@H]2CCCC[C@H]2C)cc1. The summed E-state index contributed by atoms with van der Waals surface area (Å²) in [6, 6.07) is 14.6. The summed E-state index contributed by atoms with van der Waals surface area (Å²) in [5.41, 5.74) is 2.77. The molecule has 30 heavy (non-hydrogen) atoms. The minimum atomic E-state index is -0.758. The summed E-state index contributed by atoms with van der Waals surface area (Å²) in [5.74, 6) is -1.38. The molecule has 0 aliphatic heterocycles. The Balaban J connectivity index is 1.61. The van der Waals surface area contributed by atoms with Crippen molar-refractivity contribution in [2.45, 2.75) is 52.1 Å². The van der Waals surface area contributed by atoms with Gasteiger partial charge < -0.3 is 16.0 Å². The summed E-state index contributed by atoms with van der Waals surface area (Å²) < 4.78 is 0. The summed E-state index contributed by atoms with van der Waals surface area (Å²) in [4.78, 5) is 37.4. The molecule has 6 heteroatoms. The van der Waals surface area contributed by atoms with E-state index in [1.54, 1.807) is 24.3 Å². The lowest BCUT2D eigenvalue weighted by Gasteiger charge is -2.29. The van der Waals surface area contributed by atoms with E-state index in [0.29, 0.717) is 23.7 Å². The number of benzene rings is 2. The van der Waals surface area contributed by atoms with E-state index in [-0.39, 0.29) is 11.9 Å². The summed E-state index contributed by atoms with van der Waals surface area (Å²) in [6.07, 6.45) is 4.15. The zero-order valence-corrected chi connectivity index (χ0v) is 17.5. The summed E-state index contributed by atoms with van der Waals surface area (Å²) in [7, 11) is 0. The van der Waals surface area contributed by atoms with E-state index in [1.165, 1.54) is 0 Å². The van der Waals surface area contributed by atoms with Crippen molar-refractivity contribution in [3.63, 3.8) is 0 Å². The Kier molecular flexibility index (Phi) is 7.22. The minimum absolute atomic E-state index is 0.0186. The molecule has 0 spiro atoms. The van der Waals surface area contributed by atoms with Gasteiger partial charge in [0.25, 0.3) is 5.91 Å². The maximum atomic E-state index is 12.7. The van der Waals surface area contributed by atoms with E-state index in [2.05, 4.69) is 22.9 Å². The number of carbonyl (C=O) groups excluding carboxylic acids is 3. The quantitative estimate of drug-likeness (QED) is 0.663. The molecule has 0 aromatic heterocycles. The maximum absolute atomic E-state index is 12.7. The predicted octanol–water partition coefficient (Wildman–Crippen LogP) is 3.56. The molecule has 3 N–H and O–H groups in total. The van der Waals surface area contributed by atoms with Gasteiger partial charge in [-0.1, -0.05) is 61.7 Å². The summed E-state index contributed by atoms with van der Waals surface area (Å²) in [5, 5.41) is 8.28. The van der Waals surface area contributed by atoms with Crippen molar-refractivity contribution in [3.8, 4) is 0 Å². The largest absolute Gasteiger partial charge is 0.348 e. The standard InChI is InChI=1S/C24H29N3O3/c1-16-11-13-18(14-12-16)15-25-22(28)19-8-4-6-10-21(19)27-24(30)23(29)26-20-9-5-3-7-17(20)2/h4,6,8,10-14,17,20H,3,5,7,9,15H2,1-2H3,(H,25,28)(H,26,29)(H,27,30)/t17-,20+/m1/s1. The maximum Gasteiger partial charge on any atom is 0.313 e. The molecule has 2 atom stereocenters. The molecule has 1 fully saturated rings. The fourth-order valence-corrected chi connectivity index (χ4v) is 3.72. The molecule has 1 saturated carbocycles. The van der Waals surface area contributed by atoms with Crippen LogP contribution in [0.2, 0.25) is 0 Å². The van der Waals surface area contributed by atoms with Crippen LogP contribution in [0.25, 0.3) is 0 Å². The summed E-state index contributed by atoms with van der Waals surface area (Å²) >= 11 is 0. The molecule has 1 aliphatic rings. The van der Waals surface area contributed by atoms with Gasteiger partial charge >= 0.3 is 11.8 Å². The molecule has 0 heterocycles. The van der Waals surface area contributed by atoms with Crippen molar-refractivity contribution < 1.29 is 14.4 Å². The van der Waals surface area contributed by atoms with Gasteiger partial charge in [0.2, 0.25) is 0 Å². The van der Waals surface area contributed by atoms with Gasteiger partial charge in [-0.2, -0.15) is 0 Å². The first-order valence-corrected chi connectivity index (χ1v) is 10.5. The zero-order chi connectivity index (χ0) is 21.5. The molecule has 2 aromatic rings. The van der Waals surface area contributed by atoms with Crippen LogP contribution < -0.4 is 16.0 Å². The minimum Gasteiger partial charge on any atom is -0.348 e. The monoisotopic (exact) mass is 407 g/mol. The number of carbonyl (C=O) groups is 3. The van der Waals surface area contributed by atoms with Crippen molar-refractivity contribution in [3.05, 3.63) is 65.2 Å². The fourth-order valence-electron chi connectivity index (χ4n) is 3.72. The Morgan fingerprint density at radius 3 is 2.37 bits per heavy atom. The van der Waals surface area contributed by atoms with Crippen LogP contribution in [0.4, 0.5) is 5.69 Å². The van der Waals surface area contributed by atoms with Gasteiger partial charge in [0.05, 0.1) is 11.3 Å². The highest BCUT2D eigenvalue weighted by molar-refractivity contribution is 6.40. The van der Waals surface area contributed by atoms with E-state index in [4.69, 9.17) is 0 Å². The smallest absolute Gasteiger partial charge is 0.313 e. The Hall–Kier alpha value is -3.15. The van der Waals surface area contributed by atoms with Crippen LogP contribution in [0.5, 0.6) is 0 Å². The van der Waals surface area contributed by atoms with Crippen LogP contribution in [0, 0.1) is 12.8 Å². The van der Waals surface area contributed by atoms with E-state index in [0.717, 1.165) is 36.8 Å². The predicted molar refractivity (Wildman–Crippen MR) is 117 cm³/mol. The van der Waals surface area contributed by atoms with Crippen molar-refractivity contribution >= 4 is 23.4 Å². The second kappa shape index (κ2) is 10.1. The number of para-hydroxylation sites is 1. The average molecular weight is 408 g/mol. The van der Waals surface area contributed by atoms with Gasteiger partial charge in [0.15, 0.2) is 0 Å². The van der Waals surface area contributed by atoms with Crippen molar-refractivity contribution in [2.24, 2.45) is 5.92 Å². The first kappa shape index (κ1) is 21.6. The van der Waals surface area contributed by atoms with Gasteiger partial charge in [0, 0.05) is 12.6 Å². The molecule has 3 rings (SSSR count). The third kappa shape index (κ3) is 5.69. The Bertz CT molecular complexity index is 908. The first-order valence-electron chi connectivity index (χ1n) is 10.5. The zero-order valence-electron chi connectivity index (χ0n) is 17.5. The first-order chi connectivity index (χ1) is 14.4. The van der Waals surface area contributed by atoms with Crippen molar-refractivity contribution in [1.82, 2.24) is 10.6 Å². The average Bonchev–Trinajstić information content (AvgIpc) is 2.75. The molecule has 158 valence electrons. The molecular weight excluding hydrogens is 378 g/mol. The molecule has 2 aromatic carbocycles. The molecule has 3 amide bonds. The van der Waals surface area contributed by atoms with Gasteiger partial charge in [-0.05, 0) is 43.4 Å². The highest BCUT2D eigenvalue weighted by atomic mass is 16.2. The molecule has 0 bridgehead atoms. The van der Waals surface area contributed by atoms with Gasteiger partial charge in [-0.25, -0.2) is 0 Å². The number of aryl methyl sites for hydroxylation is 1. The van der Waals surface area contributed by atoms with Crippen LogP contribution in [0.3, 0.4) is 0 Å². The van der Waals surface area contributed by atoms with Crippen LogP contribution >= 0.6 is 0 Å². The second-order valence-corrected chi connectivity index (χ2v) is 8.01. The number of nitrogens with one attached hydrogen (secondary N) is 3. The van der Waals surface area contributed by atoms with Crippen LogP contribution in [0.1, 0.15) is 54.1 Å². The molecule has 0 saturated heterocycles. The van der Waals surface area contributed by atoms with Gasteiger partial charge in [-0.3, -0.25) is 14.4 Å². The van der Waals surface area contributed by atoms with Gasteiger partial charge in [-0.15, -0.1) is 0 Å². The molecule has 0 unspecified atom stereocenters. The van der Waals surface area contributed by atoms with Crippen molar-refractivity contribution in [2.75, 3.05) is 5.32 Å². The second-order valence-electron chi connectivity index (χ2n) is 8.01. The van der Waals surface area contributed by atoms with Gasteiger partial charge in [0.1, 0.15) is 0 Å². The molecule has 1 aliphatic carbocycles. The highest BCUT2D eigenvalue weighted by Gasteiger charge is 2.26. The lowest BCUT2D eigenvalue weighted by atomic mass is 9.86. The number of hydrogen-bond donors (Lipinski definition) is 3. The molecule has 6 nitrogen and oxygen atoms in total. The number of amides is 3. The fraction of sp³-hybridized carbons (Fsp3) is 0.375. The van der Waals surface area contributed by atoms with E-state index < -0.39 is 11.8 Å². The number of rotatable bonds is 5. The Labute approximate surface area is 177 Å². The normalized spacial score (nSPS) is 18.3. The number of anilines is 1. The molecular formula is C24H29N3O3. The highest BCUT2D eigenvalue weighted by Crippen LogP contribution is 2.23. The third-order valence-electron chi connectivity index (χ3n) is 5.63. The number of hydrogen-bond acceptors (Lipinski definition) is 3. The lowest BCUT2D eigenvalue weighted by molar-refractivity contribution is -0.137. The third-order valence-corrected chi connectivity index (χ3v) is 5.63. The topological polar surface area (TPSA) is 87.3 Å². The van der Waals surface area contributed by atoms with Crippen LogP contribution in [-0.4, -0.2) is 23.8 Å². The van der Waals surface area contributed by atoms with Crippen molar-refractivity contribution in [1.29, 1.82) is 0 Å². The van der Waals surface area contributed by atoms with Crippen LogP contribution in [-0.2, 0) is 16.1 Å². The van der Waals surface area contributed by atoms with E-state index in [9.17, 15) is 14.4 Å². The molecule has 0 radical (unpaired) electrons. The van der Waals surface area contributed by atoms with E-state index in [1.807, 2.05) is 31.2 Å².